The van der Waals surface area contributed by atoms with Gasteiger partial charge in [0.05, 0.1) is 0 Å². The van der Waals surface area contributed by atoms with E-state index in [1.807, 2.05) is 31.2 Å². The van der Waals surface area contributed by atoms with E-state index < -0.39 is 6.04 Å². The summed E-state index contributed by atoms with van der Waals surface area (Å²) in [5.41, 5.74) is 2.82. The zero-order valence-electron chi connectivity index (χ0n) is 14.3. The predicted octanol–water partition coefficient (Wildman–Crippen LogP) is 2.51. The molecule has 0 radical (unpaired) electrons. The van der Waals surface area contributed by atoms with E-state index in [2.05, 4.69) is 5.32 Å². The van der Waals surface area contributed by atoms with Crippen molar-refractivity contribution in [2.24, 2.45) is 0 Å². The second-order valence-electron chi connectivity index (χ2n) is 6.18. The summed E-state index contributed by atoms with van der Waals surface area (Å²) in [5.74, 6) is -0.429. The summed E-state index contributed by atoms with van der Waals surface area (Å²) in [6.45, 7) is 4.29. The summed E-state index contributed by atoms with van der Waals surface area (Å²) in [7, 11) is 0. The van der Waals surface area contributed by atoms with E-state index in [0.29, 0.717) is 24.2 Å². The molecule has 1 aliphatic rings. The molecule has 1 fully saturated rings. The molecule has 1 heterocycles. The maximum absolute atomic E-state index is 13.0. The Morgan fingerprint density at radius 1 is 1.04 bits per heavy atom. The van der Waals surface area contributed by atoms with Gasteiger partial charge in [-0.2, -0.15) is 0 Å². The van der Waals surface area contributed by atoms with Gasteiger partial charge in [0.25, 0.3) is 5.91 Å². The van der Waals surface area contributed by atoms with E-state index in [1.54, 1.807) is 29.2 Å². The summed E-state index contributed by atoms with van der Waals surface area (Å²) in [4.78, 5) is 38.5. The number of amides is 2. The first-order valence-electron chi connectivity index (χ1n) is 8.24. The molecule has 25 heavy (non-hydrogen) atoms. The molecule has 1 atom stereocenters. The fourth-order valence-electron chi connectivity index (χ4n) is 3.10. The smallest absolute Gasteiger partial charge is 0.254 e. The topological polar surface area (TPSA) is 66.5 Å². The lowest BCUT2D eigenvalue weighted by Gasteiger charge is -2.36. The minimum atomic E-state index is -0.644. The first-order chi connectivity index (χ1) is 12.0. The SMILES string of the molecule is CC(=O)c1ccc(C(=O)N2CCNC(=O)C2c2ccccc2C)cc1. The van der Waals surface area contributed by atoms with Crippen LogP contribution in [0.15, 0.2) is 48.5 Å². The number of carbonyl (C=O) groups is 3. The number of nitrogens with one attached hydrogen (secondary N) is 1. The Morgan fingerprint density at radius 3 is 2.32 bits per heavy atom. The minimum Gasteiger partial charge on any atom is -0.352 e. The van der Waals surface area contributed by atoms with E-state index in [0.717, 1.165) is 11.1 Å². The van der Waals surface area contributed by atoms with Gasteiger partial charge in [0.2, 0.25) is 5.91 Å². The number of benzene rings is 2. The molecular formula is C20H20N2O3. The van der Waals surface area contributed by atoms with Crippen LogP contribution in [0, 0.1) is 6.92 Å². The highest BCUT2D eigenvalue weighted by Gasteiger charge is 2.35. The van der Waals surface area contributed by atoms with E-state index in [1.165, 1.54) is 6.92 Å². The van der Waals surface area contributed by atoms with Crippen molar-refractivity contribution in [1.82, 2.24) is 10.2 Å². The molecule has 1 aliphatic heterocycles. The third-order valence-corrected chi connectivity index (χ3v) is 4.49. The molecule has 128 valence electrons. The van der Waals surface area contributed by atoms with Crippen LogP contribution in [0.2, 0.25) is 0 Å². The van der Waals surface area contributed by atoms with Crippen molar-refractivity contribution in [1.29, 1.82) is 0 Å². The average molecular weight is 336 g/mol. The average Bonchev–Trinajstić information content (AvgIpc) is 2.62. The molecule has 2 amide bonds. The molecule has 0 aliphatic carbocycles. The molecule has 1 N–H and O–H groups in total. The van der Waals surface area contributed by atoms with Crippen LogP contribution in [-0.4, -0.2) is 35.6 Å². The van der Waals surface area contributed by atoms with E-state index in [4.69, 9.17) is 0 Å². The second kappa shape index (κ2) is 6.89. The molecule has 0 bridgehead atoms. The molecule has 2 aromatic rings. The van der Waals surface area contributed by atoms with Gasteiger partial charge in [0, 0.05) is 24.2 Å². The summed E-state index contributed by atoms with van der Waals surface area (Å²) in [6, 6.07) is 13.5. The van der Waals surface area contributed by atoms with Gasteiger partial charge in [-0.25, -0.2) is 0 Å². The fourth-order valence-corrected chi connectivity index (χ4v) is 3.10. The van der Waals surface area contributed by atoms with Crippen LogP contribution in [0.1, 0.15) is 44.8 Å². The van der Waals surface area contributed by atoms with Crippen molar-refractivity contribution in [2.45, 2.75) is 19.9 Å². The van der Waals surface area contributed by atoms with Gasteiger partial charge < -0.3 is 10.2 Å². The Labute approximate surface area is 146 Å². The number of hydrogen-bond donors (Lipinski definition) is 1. The molecule has 1 saturated heterocycles. The van der Waals surface area contributed by atoms with E-state index in [9.17, 15) is 14.4 Å². The highest BCUT2D eigenvalue weighted by molar-refractivity contribution is 6.00. The summed E-state index contributed by atoms with van der Waals surface area (Å²) in [5, 5.41) is 2.84. The highest BCUT2D eigenvalue weighted by atomic mass is 16.2. The Bertz CT molecular complexity index is 827. The zero-order valence-corrected chi connectivity index (χ0v) is 14.3. The van der Waals surface area contributed by atoms with Crippen molar-refractivity contribution in [3.63, 3.8) is 0 Å². The third-order valence-electron chi connectivity index (χ3n) is 4.49. The molecule has 5 heteroatoms. The molecule has 3 rings (SSSR count). The van der Waals surface area contributed by atoms with Gasteiger partial charge in [-0.3, -0.25) is 14.4 Å². The minimum absolute atomic E-state index is 0.0471. The zero-order chi connectivity index (χ0) is 18.0. The molecule has 1 unspecified atom stereocenters. The lowest BCUT2D eigenvalue weighted by Crippen LogP contribution is -2.52. The molecular weight excluding hydrogens is 316 g/mol. The monoisotopic (exact) mass is 336 g/mol. The van der Waals surface area contributed by atoms with Crippen molar-refractivity contribution >= 4 is 17.6 Å². The summed E-state index contributed by atoms with van der Waals surface area (Å²) >= 11 is 0. The number of carbonyl (C=O) groups excluding carboxylic acids is 3. The van der Waals surface area contributed by atoms with Gasteiger partial charge in [-0.15, -0.1) is 0 Å². The van der Waals surface area contributed by atoms with Crippen molar-refractivity contribution in [2.75, 3.05) is 13.1 Å². The number of piperazine rings is 1. The number of rotatable bonds is 3. The number of Topliss-reactive ketones (excluding diaryl/α,β-unsaturated/α-hetero) is 1. The van der Waals surface area contributed by atoms with Crippen LogP contribution in [0.25, 0.3) is 0 Å². The Balaban J connectivity index is 1.95. The number of ketones is 1. The second-order valence-corrected chi connectivity index (χ2v) is 6.18. The number of hydrogen-bond acceptors (Lipinski definition) is 3. The number of aryl methyl sites for hydroxylation is 1. The molecule has 0 saturated carbocycles. The molecule has 0 spiro atoms. The Morgan fingerprint density at radius 2 is 1.68 bits per heavy atom. The molecule has 0 aromatic heterocycles. The van der Waals surface area contributed by atoms with Crippen LogP contribution in [0.4, 0.5) is 0 Å². The first-order valence-corrected chi connectivity index (χ1v) is 8.24. The largest absolute Gasteiger partial charge is 0.352 e. The maximum atomic E-state index is 13.0. The van der Waals surface area contributed by atoms with Crippen LogP contribution >= 0.6 is 0 Å². The lowest BCUT2D eigenvalue weighted by molar-refractivity contribution is -0.128. The van der Waals surface area contributed by atoms with Gasteiger partial charge >= 0.3 is 0 Å². The first kappa shape index (κ1) is 16.9. The van der Waals surface area contributed by atoms with Crippen molar-refractivity contribution in [3.8, 4) is 0 Å². The predicted molar refractivity (Wildman–Crippen MR) is 94.4 cm³/mol. The van der Waals surface area contributed by atoms with Gasteiger partial charge in [-0.05, 0) is 37.1 Å². The third kappa shape index (κ3) is 3.31. The summed E-state index contributed by atoms with van der Waals surface area (Å²) < 4.78 is 0. The standard InChI is InChI=1S/C20H20N2O3/c1-13-5-3-4-6-17(13)18-19(24)21-11-12-22(18)20(25)16-9-7-15(8-10-16)14(2)23/h3-10,18H,11-12H2,1-2H3,(H,21,24). The highest BCUT2D eigenvalue weighted by Crippen LogP contribution is 2.27. The van der Waals surface area contributed by atoms with E-state index >= 15 is 0 Å². The van der Waals surface area contributed by atoms with Crippen LogP contribution < -0.4 is 5.32 Å². The maximum Gasteiger partial charge on any atom is 0.254 e. The molecule has 2 aromatic carbocycles. The lowest BCUT2D eigenvalue weighted by atomic mass is 9.97. The van der Waals surface area contributed by atoms with Gasteiger partial charge in [0.15, 0.2) is 5.78 Å². The van der Waals surface area contributed by atoms with Crippen LogP contribution in [0.5, 0.6) is 0 Å². The van der Waals surface area contributed by atoms with E-state index in [-0.39, 0.29) is 17.6 Å². The fraction of sp³-hybridized carbons (Fsp3) is 0.250. The normalized spacial score (nSPS) is 17.1. The summed E-state index contributed by atoms with van der Waals surface area (Å²) in [6.07, 6.45) is 0. The Kier molecular flexibility index (Phi) is 4.65. The quantitative estimate of drug-likeness (QED) is 0.876. The van der Waals surface area contributed by atoms with Crippen LogP contribution in [-0.2, 0) is 4.79 Å². The van der Waals surface area contributed by atoms with Gasteiger partial charge in [-0.1, -0.05) is 36.4 Å². The van der Waals surface area contributed by atoms with Crippen molar-refractivity contribution in [3.05, 3.63) is 70.8 Å². The Hall–Kier alpha value is -2.95. The molecule has 5 nitrogen and oxygen atoms in total. The number of nitrogens with zero attached hydrogens (tertiary/aromatic N) is 1. The van der Waals surface area contributed by atoms with Crippen LogP contribution in [0.3, 0.4) is 0 Å². The van der Waals surface area contributed by atoms with Crippen molar-refractivity contribution < 1.29 is 14.4 Å². The van der Waals surface area contributed by atoms with Gasteiger partial charge in [0.1, 0.15) is 6.04 Å².